The number of rotatable bonds is 9. The van der Waals surface area contributed by atoms with Gasteiger partial charge in [0.1, 0.15) is 5.75 Å². The van der Waals surface area contributed by atoms with Crippen LogP contribution in [0.3, 0.4) is 0 Å². The Morgan fingerprint density at radius 3 is 2.50 bits per heavy atom. The molecular formula is C25H29ClN2O2. The van der Waals surface area contributed by atoms with Crippen LogP contribution in [-0.4, -0.2) is 31.0 Å². The third kappa shape index (κ3) is 5.53. The Balaban J connectivity index is 1.61. The summed E-state index contributed by atoms with van der Waals surface area (Å²) in [5, 5.41) is 3.76. The van der Waals surface area contributed by atoms with Gasteiger partial charge in [-0.05, 0) is 54.1 Å². The fourth-order valence-electron chi connectivity index (χ4n) is 3.61. The van der Waals surface area contributed by atoms with Gasteiger partial charge in [-0.15, -0.1) is 0 Å². The summed E-state index contributed by atoms with van der Waals surface area (Å²) in [5.74, 6) is 0.741. The molecule has 158 valence electrons. The van der Waals surface area contributed by atoms with Gasteiger partial charge in [-0.2, -0.15) is 0 Å². The van der Waals surface area contributed by atoms with Crippen LogP contribution in [-0.2, 0) is 17.9 Å². The number of nitrogens with one attached hydrogen (secondary N) is 1. The third-order valence-electron chi connectivity index (χ3n) is 5.46. The van der Waals surface area contributed by atoms with Crippen molar-refractivity contribution in [3.05, 3.63) is 81.9 Å². The third-order valence-corrected chi connectivity index (χ3v) is 5.71. The fraction of sp³-hybridized carbons (Fsp3) is 0.320. The van der Waals surface area contributed by atoms with E-state index in [9.17, 15) is 4.79 Å². The summed E-state index contributed by atoms with van der Waals surface area (Å²) in [6, 6.07) is 13.9. The lowest BCUT2D eigenvalue weighted by atomic mass is 10.0. The first-order valence-electron chi connectivity index (χ1n) is 10.4. The van der Waals surface area contributed by atoms with Crippen molar-refractivity contribution in [1.82, 2.24) is 10.2 Å². The van der Waals surface area contributed by atoms with Crippen LogP contribution in [0.1, 0.15) is 37.0 Å². The van der Waals surface area contributed by atoms with Crippen molar-refractivity contribution in [3.63, 3.8) is 0 Å². The second-order valence-corrected chi connectivity index (χ2v) is 7.79. The Hall–Kier alpha value is -2.56. The van der Waals surface area contributed by atoms with E-state index in [1.54, 1.807) is 7.11 Å². The Morgan fingerprint density at radius 1 is 1.10 bits per heavy atom. The normalized spacial score (nSPS) is 13.2. The van der Waals surface area contributed by atoms with E-state index in [2.05, 4.69) is 36.2 Å². The number of nitrogens with zero attached hydrogens (tertiary/aromatic N) is 1. The summed E-state index contributed by atoms with van der Waals surface area (Å²) in [4.78, 5) is 15.1. The summed E-state index contributed by atoms with van der Waals surface area (Å²) < 4.78 is 5.50. The van der Waals surface area contributed by atoms with Crippen molar-refractivity contribution in [2.24, 2.45) is 0 Å². The predicted molar refractivity (Wildman–Crippen MR) is 124 cm³/mol. The van der Waals surface area contributed by atoms with Gasteiger partial charge in [-0.1, -0.05) is 55.8 Å². The van der Waals surface area contributed by atoms with Gasteiger partial charge in [0.25, 0.3) is 0 Å². The quantitative estimate of drug-likeness (QED) is 0.600. The van der Waals surface area contributed by atoms with E-state index in [1.165, 1.54) is 5.56 Å². The zero-order chi connectivity index (χ0) is 21.5. The number of ether oxygens (including phenoxy) is 1. The number of carbonyl (C=O) groups excluding carboxylic acids is 1. The van der Waals surface area contributed by atoms with Crippen LogP contribution in [0.2, 0.25) is 5.02 Å². The fourth-order valence-corrected chi connectivity index (χ4v) is 3.73. The molecule has 4 nitrogen and oxygen atoms in total. The number of benzene rings is 2. The predicted octanol–water partition coefficient (Wildman–Crippen LogP) is 5.22. The smallest absolute Gasteiger partial charge is 0.247 e. The minimum atomic E-state index is -0.0496. The SMILES string of the molecule is CCN(CC)Cc1ccc(OC)c(CNC(=O)C2=CC=C(c3ccc(Cl)cc3)C2)c1. The standard InChI is InChI=1S/C25H29ClN2O2/c1-4-28(5-2)17-18-6-13-24(30-3)22(14-18)16-27-25(29)21-8-7-20(15-21)19-9-11-23(26)12-10-19/h6-14H,4-5,15-17H2,1-3H3,(H,27,29). The molecule has 0 spiro atoms. The molecule has 1 amide bonds. The van der Waals surface area contributed by atoms with Gasteiger partial charge in [-0.25, -0.2) is 0 Å². The van der Waals surface area contributed by atoms with Gasteiger partial charge in [0.05, 0.1) is 7.11 Å². The maximum absolute atomic E-state index is 12.7. The van der Waals surface area contributed by atoms with Gasteiger partial charge < -0.3 is 10.1 Å². The van der Waals surface area contributed by atoms with E-state index >= 15 is 0 Å². The zero-order valence-corrected chi connectivity index (χ0v) is 18.6. The van der Waals surface area contributed by atoms with Gasteiger partial charge >= 0.3 is 0 Å². The summed E-state index contributed by atoms with van der Waals surface area (Å²) in [5.41, 5.74) is 5.17. The number of methoxy groups -OCH3 is 1. The molecule has 0 aromatic heterocycles. The molecule has 2 aromatic rings. The molecule has 5 heteroatoms. The van der Waals surface area contributed by atoms with Crippen LogP contribution in [0.25, 0.3) is 5.57 Å². The van der Waals surface area contributed by atoms with Crippen LogP contribution in [0.15, 0.2) is 60.2 Å². The number of carbonyl (C=O) groups is 1. The van der Waals surface area contributed by atoms with Crippen LogP contribution in [0.5, 0.6) is 5.75 Å². The summed E-state index contributed by atoms with van der Waals surface area (Å²) in [6.45, 7) is 7.65. The zero-order valence-electron chi connectivity index (χ0n) is 17.9. The van der Waals surface area contributed by atoms with Gasteiger partial charge in [0.15, 0.2) is 0 Å². The largest absolute Gasteiger partial charge is 0.496 e. The number of amides is 1. The number of halogens is 1. The average Bonchev–Trinajstić information content (AvgIpc) is 3.26. The average molecular weight is 425 g/mol. The monoisotopic (exact) mass is 424 g/mol. The van der Waals surface area contributed by atoms with E-state index in [0.717, 1.165) is 47.7 Å². The maximum atomic E-state index is 12.7. The van der Waals surface area contributed by atoms with Gasteiger partial charge in [0, 0.05) is 35.7 Å². The molecule has 0 unspecified atom stereocenters. The molecule has 0 saturated heterocycles. The van der Waals surface area contributed by atoms with E-state index in [1.807, 2.05) is 42.5 Å². The van der Waals surface area contributed by atoms with Crippen LogP contribution in [0, 0.1) is 0 Å². The van der Waals surface area contributed by atoms with Gasteiger partial charge in [-0.3, -0.25) is 9.69 Å². The lowest BCUT2D eigenvalue weighted by Gasteiger charge is -2.19. The minimum absolute atomic E-state index is 0.0496. The molecule has 0 radical (unpaired) electrons. The Bertz CT molecular complexity index is 944. The second-order valence-electron chi connectivity index (χ2n) is 7.36. The molecule has 1 aliphatic rings. The molecule has 0 aliphatic heterocycles. The lowest BCUT2D eigenvalue weighted by molar-refractivity contribution is -0.117. The molecule has 30 heavy (non-hydrogen) atoms. The molecule has 0 atom stereocenters. The molecule has 3 rings (SSSR count). The highest BCUT2D eigenvalue weighted by Gasteiger charge is 2.17. The first kappa shape index (κ1) is 22.1. The molecule has 1 N–H and O–H groups in total. The van der Waals surface area contributed by atoms with Crippen LogP contribution in [0.4, 0.5) is 0 Å². The molecule has 0 heterocycles. The maximum Gasteiger partial charge on any atom is 0.247 e. The first-order chi connectivity index (χ1) is 14.5. The highest BCUT2D eigenvalue weighted by Crippen LogP contribution is 2.29. The molecular weight excluding hydrogens is 396 g/mol. The first-order valence-corrected chi connectivity index (χ1v) is 10.7. The number of allylic oxidation sites excluding steroid dienone is 3. The minimum Gasteiger partial charge on any atom is -0.496 e. The molecule has 1 aliphatic carbocycles. The Morgan fingerprint density at radius 2 is 1.83 bits per heavy atom. The van der Waals surface area contributed by atoms with Crippen molar-refractivity contribution in [3.8, 4) is 5.75 Å². The number of hydrogen-bond acceptors (Lipinski definition) is 3. The van der Waals surface area contributed by atoms with E-state index in [0.29, 0.717) is 18.0 Å². The number of hydrogen-bond donors (Lipinski definition) is 1. The summed E-state index contributed by atoms with van der Waals surface area (Å²) in [7, 11) is 1.66. The highest BCUT2D eigenvalue weighted by molar-refractivity contribution is 6.30. The second kappa shape index (κ2) is 10.5. The van der Waals surface area contributed by atoms with Crippen molar-refractivity contribution in [2.75, 3.05) is 20.2 Å². The molecule has 0 fully saturated rings. The Kier molecular flexibility index (Phi) is 7.72. The van der Waals surface area contributed by atoms with Crippen LogP contribution >= 0.6 is 11.6 Å². The van der Waals surface area contributed by atoms with Crippen LogP contribution < -0.4 is 10.1 Å². The molecule has 0 saturated carbocycles. The van der Waals surface area contributed by atoms with E-state index in [4.69, 9.17) is 16.3 Å². The van der Waals surface area contributed by atoms with Crippen molar-refractivity contribution >= 4 is 23.1 Å². The summed E-state index contributed by atoms with van der Waals surface area (Å²) in [6.07, 6.45) is 4.52. The van der Waals surface area contributed by atoms with Crippen molar-refractivity contribution in [2.45, 2.75) is 33.4 Å². The topological polar surface area (TPSA) is 41.6 Å². The molecule has 2 aromatic carbocycles. The van der Waals surface area contributed by atoms with E-state index < -0.39 is 0 Å². The van der Waals surface area contributed by atoms with Gasteiger partial charge in [0.2, 0.25) is 5.91 Å². The van der Waals surface area contributed by atoms with E-state index in [-0.39, 0.29) is 5.91 Å². The summed E-state index contributed by atoms with van der Waals surface area (Å²) >= 11 is 5.97. The van der Waals surface area contributed by atoms with Crippen molar-refractivity contribution in [1.29, 1.82) is 0 Å². The Labute approximate surface area is 184 Å². The molecule has 0 bridgehead atoms. The lowest BCUT2D eigenvalue weighted by Crippen LogP contribution is -2.25. The highest BCUT2D eigenvalue weighted by atomic mass is 35.5. The van der Waals surface area contributed by atoms with Crippen molar-refractivity contribution < 1.29 is 9.53 Å².